The Labute approximate surface area is 226 Å². The van der Waals surface area contributed by atoms with Crippen molar-refractivity contribution in [2.24, 2.45) is 5.92 Å². The summed E-state index contributed by atoms with van der Waals surface area (Å²) in [5.74, 6) is 0.364. The minimum absolute atomic E-state index is 0.00293. The number of methoxy groups -OCH3 is 1. The normalized spacial score (nSPS) is 17.1. The molecule has 2 aromatic heterocycles. The van der Waals surface area contributed by atoms with Crippen LogP contribution in [0, 0.1) is 5.92 Å². The molecule has 2 aromatic carbocycles. The number of esters is 1. The number of benzene rings is 2. The largest absolute Gasteiger partial charge is 0.496 e. The van der Waals surface area contributed by atoms with E-state index in [1.807, 2.05) is 41.9 Å². The summed E-state index contributed by atoms with van der Waals surface area (Å²) in [6.45, 7) is 2.55. The molecule has 5 rings (SSSR count). The highest BCUT2D eigenvalue weighted by Crippen LogP contribution is 2.38. The number of nitrogens with zero attached hydrogens (tertiary/aromatic N) is 4. The van der Waals surface area contributed by atoms with Crippen LogP contribution in [-0.4, -0.2) is 45.3 Å². The molecule has 1 saturated carbocycles. The van der Waals surface area contributed by atoms with Gasteiger partial charge in [-0.05, 0) is 43.9 Å². The standard InChI is InChI=1S/C29H32N6O4/c1-3-39-29(37)20-7-6-8-21(15-20)35-27-24(26(30)32-17-33-27)25(34-35)19-13-11-18(12-14-19)16-31-28(36)22-9-4-5-10-23(22)38-2/h4-5,9-14,17,20-21H,3,6-8,15-16H2,1-2H3,(H,31,36)(H2,30,32,33). The molecule has 2 heterocycles. The van der Waals surface area contributed by atoms with E-state index in [9.17, 15) is 9.59 Å². The van der Waals surface area contributed by atoms with Crippen molar-refractivity contribution in [1.82, 2.24) is 25.1 Å². The number of carbonyl (C=O) groups excluding carboxylic acids is 2. The zero-order valence-corrected chi connectivity index (χ0v) is 22.1. The van der Waals surface area contributed by atoms with E-state index in [1.54, 1.807) is 25.3 Å². The summed E-state index contributed by atoms with van der Waals surface area (Å²) in [5, 5.41) is 8.57. The number of anilines is 1. The fraction of sp³-hybridized carbons (Fsp3) is 0.345. The van der Waals surface area contributed by atoms with Gasteiger partial charge < -0.3 is 20.5 Å². The Hall–Kier alpha value is -4.47. The maximum absolute atomic E-state index is 12.7. The molecule has 4 aromatic rings. The van der Waals surface area contributed by atoms with Gasteiger partial charge in [0.15, 0.2) is 5.65 Å². The SMILES string of the molecule is CCOC(=O)C1CCCC(n2nc(-c3ccc(CNC(=O)c4ccccc4OC)cc3)c3c(N)ncnc32)C1. The third kappa shape index (κ3) is 5.41. The zero-order valence-electron chi connectivity index (χ0n) is 22.1. The number of hydrogen-bond acceptors (Lipinski definition) is 8. The lowest BCUT2D eigenvalue weighted by Crippen LogP contribution is -2.27. The Balaban J connectivity index is 1.37. The number of aromatic nitrogens is 4. The molecule has 0 bridgehead atoms. The third-order valence-electron chi connectivity index (χ3n) is 7.16. The molecule has 1 aliphatic rings. The van der Waals surface area contributed by atoms with Crippen LogP contribution in [0.3, 0.4) is 0 Å². The van der Waals surface area contributed by atoms with Crippen molar-refractivity contribution in [3.8, 4) is 17.0 Å². The van der Waals surface area contributed by atoms with Gasteiger partial charge in [-0.3, -0.25) is 9.59 Å². The van der Waals surface area contributed by atoms with Gasteiger partial charge in [0.05, 0.1) is 36.6 Å². The quantitative estimate of drug-likeness (QED) is 0.323. The summed E-state index contributed by atoms with van der Waals surface area (Å²) in [4.78, 5) is 33.8. The van der Waals surface area contributed by atoms with Crippen molar-refractivity contribution in [1.29, 1.82) is 0 Å². The lowest BCUT2D eigenvalue weighted by molar-refractivity contribution is -0.149. The van der Waals surface area contributed by atoms with E-state index in [-0.39, 0.29) is 23.8 Å². The van der Waals surface area contributed by atoms with E-state index in [2.05, 4.69) is 15.3 Å². The predicted octanol–water partition coefficient (Wildman–Crippen LogP) is 4.31. The van der Waals surface area contributed by atoms with Gasteiger partial charge in [0.2, 0.25) is 0 Å². The highest BCUT2D eigenvalue weighted by molar-refractivity contribution is 5.98. The molecule has 1 fully saturated rings. The van der Waals surface area contributed by atoms with Crippen LogP contribution < -0.4 is 15.8 Å². The molecule has 3 N–H and O–H groups in total. The Kier molecular flexibility index (Phi) is 7.72. The first-order valence-electron chi connectivity index (χ1n) is 13.2. The number of nitrogen functional groups attached to an aromatic ring is 1. The summed E-state index contributed by atoms with van der Waals surface area (Å²) < 4.78 is 12.5. The van der Waals surface area contributed by atoms with Gasteiger partial charge in [-0.2, -0.15) is 5.10 Å². The van der Waals surface area contributed by atoms with Gasteiger partial charge in [-0.15, -0.1) is 0 Å². The summed E-state index contributed by atoms with van der Waals surface area (Å²) in [6.07, 6.45) is 4.69. The molecule has 10 nitrogen and oxygen atoms in total. The van der Waals surface area contributed by atoms with E-state index in [0.717, 1.165) is 30.4 Å². The van der Waals surface area contributed by atoms with Gasteiger partial charge in [0, 0.05) is 12.1 Å². The van der Waals surface area contributed by atoms with E-state index in [0.29, 0.717) is 53.4 Å². The molecule has 0 spiro atoms. The Bertz CT molecular complexity index is 1480. The number of rotatable bonds is 8. The topological polar surface area (TPSA) is 134 Å². The molecule has 39 heavy (non-hydrogen) atoms. The molecule has 0 radical (unpaired) electrons. The fourth-order valence-corrected chi connectivity index (χ4v) is 5.20. The van der Waals surface area contributed by atoms with Crippen molar-refractivity contribution in [2.45, 2.75) is 45.2 Å². The molecule has 1 aliphatic carbocycles. The number of fused-ring (bicyclic) bond motifs is 1. The molecule has 0 aliphatic heterocycles. The van der Waals surface area contributed by atoms with Crippen LogP contribution in [0.1, 0.15) is 54.6 Å². The van der Waals surface area contributed by atoms with Crippen molar-refractivity contribution < 1.29 is 19.1 Å². The van der Waals surface area contributed by atoms with Crippen LogP contribution in [0.15, 0.2) is 54.9 Å². The number of hydrogen-bond donors (Lipinski definition) is 2. The first-order chi connectivity index (χ1) is 19.0. The van der Waals surface area contributed by atoms with Crippen LogP contribution in [0.2, 0.25) is 0 Å². The van der Waals surface area contributed by atoms with Gasteiger partial charge in [0.25, 0.3) is 5.91 Å². The summed E-state index contributed by atoms with van der Waals surface area (Å²) in [6, 6.07) is 14.9. The third-order valence-corrected chi connectivity index (χ3v) is 7.16. The maximum atomic E-state index is 12.7. The molecule has 202 valence electrons. The highest BCUT2D eigenvalue weighted by Gasteiger charge is 2.31. The number of nitrogens with two attached hydrogens (primary N) is 1. The van der Waals surface area contributed by atoms with E-state index >= 15 is 0 Å². The number of para-hydroxylation sites is 1. The second kappa shape index (κ2) is 11.5. The minimum Gasteiger partial charge on any atom is -0.496 e. The lowest BCUT2D eigenvalue weighted by atomic mass is 9.86. The van der Waals surface area contributed by atoms with Gasteiger partial charge in [-0.1, -0.05) is 42.8 Å². The number of nitrogens with one attached hydrogen (secondary N) is 1. The smallest absolute Gasteiger partial charge is 0.308 e. The minimum atomic E-state index is -0.209. The number of carbonyl (C=O) groups is 2. The van der Waals surface area contributed by atoms with Crippen LogP contribution in [0.25, 0.3) is 22.3 Å². The summed E-state index contributed by atoms with van der Waals surface area (Å²) >= 11 is 0. The predicted molar refractivity (Wildman–Crippen MR) is 147 cm³/mol. The van der Waals surface area contributed by atoms with E-state index < -0.39 is 0 Å². The summed E-state index contributed by atoms with van der Waals surface area (Å²) in [7, 11) is 1.54. The van der Waals surface area contributed by atoms with Crippen LogP contribution in [-0.2, 0) is 16.1 Å². The average Bonchev–Trinajstić information content (AvgIpc) is 3.37. The van der Waals surface area contributed by atoms with Crippen LogP contribution >= 0.6 is 0 Å². The Morgan fingerprint density at radius 3 is 2.67 bits per heavy atom. The zero-order chi connectivity index (χ0) is 27.4. The molecule has 1 amide bonds. The lowest BCUT2D eigenvalue weighted by Gasteiger charge is -2.28. The van der Waals surface area contributed by atoms with Crippen LogP contribution in [0.4, 0.5) is 5.82 Å². The van der Waals surface area contributed by atoms with Gasteiger partial charge >= 0.3 is 5.97 Å². The highest BCUT2D eigenvalue weighted by atomic mass is 16.5. The maximum Gasteiger partial charge on any atom is 0.308 e. The second-order valence-corrected chi connectivity index (χ2v) is 9.60. The molecule has 0 saturated heterocycles. The molecule has 10 heteroatoms. The Morgan fingerprint density at radius 1 is 1.10 bits per heavy atom. The van der Waals surface area contributed by atoms with Crippen molar-refractivity contribution in [2.75, 3.05) is 19.5 Å². The summed E-state index contributed by atoms with van der Waals surface area (Å²) in [5.41, 5.74) is 9.92. The van der Waals surface area contributed by atoms with Gasteiger partial charge in [-0.25, -0.2) is 14.6 Å². The first kappa shape index (κ1) is 26.1. The molecule has 2 atom stereocenters. The van der Waals surface area contributed by atoms with Gasteiger partial charge in [0.1, 0.15) is 23.6 Å². The first-order valence-corrected chi connectivity index (χ1v) is 13.2. The molecular formula is C29H32N6O4. The molecular weight excluding hydrogens is 496 g/mol. The monoisotopic (exact) mass is 528 g/mol. The average molecular weight is 529 g/mol. The second-order valence-electron chi connectivity index (χ2n) is 9.60. The molecule has 2 unspecified atom stereocenters. The Morgan fingerprint density at radius 2 is 1.90 bits per heavy atom. The van der Waals surface area contributed by atoms with Crippen LogP contribution in [0.5, 0.6) is 5.75 Å². The number of amides is 1. The van der Waals surface area contributed by atoms with Crippen molar-refractivity contribution >= 4 is 28.7 Å². The van der Waals surface area contributed by atoms with Crippen molar-refractivity contribution in [3.05, 3.63) is 66.0 Å². The fourth-order valence-electron chi connectivity index (χ4n) is 5.20. The number of ether oxygens (including phenoxy) is 2. The van der Waals surface area contributed by atoms with Crippen molar-refractivity contribution in [3.63, 3.8) is 0 Å². The van der Waals surface area contributed by atoms with E-state index in [1.165, 1.54) is 6.33 Å². The van der Waals surface area contributed by atoms with E-state index in [4.69, 9.17) is 20.3 Å².